The summed E-state index contributed by atoms with van der Waals surface area (Å²) in [6.45, 7) is 0.314. The smallest absolute Gasteiger partial charge is 0.410 e. The summed E-state index contributed by atoms with van der Waals surface area (Å²) in [4.78, 5) is 14.8. The Morgan fingerprint density at radius 1 is 1.10 bits per heavy atom. The number of ether oxygens (including phenoxy) is 1. The van der Waals surface area contributed by atoms with Gasteiger partial charge in [-0.15, -0.1) is 0 Å². The molecule has 0 radical (unpaired) electrons. The molecular formula is C26H26N2O2. The molecule has 0 spiro atoms. The Balaban J connectivity index is 1.31. The number of fused-ring (bicyclic) bond motifs is 2. The zero-order chi connectivity index (χ0) is 20.6. The van der Waals surface area contributed by atoms with Gasteiger partial charge in [0.1, 0.15) is 6.61 Å². The highest BCUT2D eigenvalue weighted by Crippen LogP contribution is 2.48. The first-order chi connectivity index (χ1) is 14.7. The molecule has 0 aromatic heterocycles. The van der Waals surface area contributed by atoms with E-state index in [0.717, 1.165) is 49.7 Å². The number of piperidine rings is 1. The van der Waals surface area contributed by atoms with Gasteiger partial charge >= 0.3 is 6.09 Å². The van der Waals surface area contributed by atoms with Crippen LogP contribution in [0.4, 0.5) is 4.79 Å². The van der Waals surface area contributed by atoms with Gasteiger partial charge in [0.15, 0.2) is 0 Å². The Hall–Kier alpha value is -3.06. The van der Waals surface area contributed by atoms with Crippen LogP contribution >= 0.6 is 0 Å². The molecule has 4 heteroatoms. The number of hydrogen-bond donors (Lipinski definition) is 0. The van der Waals surface area contributed by atoms with Crippen molar-refractivity contribution in [2.75, 3.05) is 0 Å². The summed E-state index contributed by atoms with van der Waals surface area (Å²) in [5, 5.41) is 9.42. The fourth-order valence-corrected chi connectivity index (χ4v) is 4.92. The minimum atomic E-state index is -0.241. The van der Waals surface area contributed by atoms with Crippen LogP contribution in [0.25, 0.3) is 5.57 Å². The van der Waals surface area contributed by atoms with E-state index in [1.54, 1.807) is 0 Å². The van der Waals surface area contributed by atoms with E-state index in [0.29, 0.717) is 6.61 Å². The van der Waals surface area contributed by atoms with Crippen LogP contribution in [-0.4, -0.2) is 23.1 Å². The van der Waals surface area contributed by atoms with Crippen LogP contribution in [0.2, 0.25) is 0 Å². The molecule has 2 unspecified atom stereocenters. The highest BCUT2D eigenvalue weighted by Gasteiger charge is 2.45. The summed E-state index contributed by atoms with van der Waals surface area (Å²) in [7, 11) is 0. The summed E-state index contributed by atoms with van der Waals surface area (Å²) in [5.74, 6) is 0. The van der Waals surface area contributed by atoms with Gasteiger partial charge in [0.25, 0.3) is 0 Å². The second kappa shape index (κ2) is 7.65. The topological polar surface area (TPSA) is 53.3 Å². The zero-order valence-electron chi connectivity index (χ0n) is 17.1. The van der Waals surface area contributed by atoms with E-state index < -0.39 is 0 Å². The molecule has 2 aromatic rings. The molecule has 2 bridgehead atoms. The van der Waals surface area contributed by atoms with Crippen LogP contribution in [0.5, 0.6) is 0 Å². The highest BCUT2D eigenvalue weighted by molar-refractivity contribution is 5.74. The SMILES string of the molecule is N#CC1(c2ccc(C3=CC4CCCC(C3)N4C(=O)OCc3ccccc3)cc2)CC1. The second-order valence-corrected chi connectivity index (χ2v) is 8.77. The van der Waals surface area contributed by atoms with E-state index in [9.17, 15) is 10.1 Å². The number of nitrogens with zero attached hydrogens (tertiary/aromatic N) is 2. The van der Waals surface area contributed by atoms with Crippen LogP contribution in [0.3, 0.4) is 0 Å². The van der Waals surface area contributed by atoms with Crippen molar-refractivity contribution < 1.29 is 9.53 Å². The molecule has 1 saturated heterocycles. The minimum Gasteiger partial charge on any atom is -0.445 e. The predicted molar refractivity (Wildman–Crippen MR) is 115 cm³/mol. The van der Waals surface area contributed by atoms with Crippen molar-refractivity contribution in [2.45, 2.75) is 62.6 Å². The maximum Gasteiger partial charge on any atom is 0.410 e. The maximum absolute atomic E-state index is 12.9. The zero-order valence-corrected chi connectivity index (χ0v) is 17.1. The Bertz CT molecular complexity index is 1000. The molecular weight excluding hydrogens is 372 g/mol. The Morgan fingerprint density at radius 2 is 1.87 bits per heavy atom. The fourth-order valence-electron chi connectivity index (χ4n) is 4.92. The lowest BCUT2D eigenvalue weighted by Crippen LogP contribution is -2.51. The van der Waals surface area contributed by atoms with Gasteiger partial charge in [-0.3, -0.25) is 4.90 Å². The van der Waals surface area contributed by atoms with Gasteiger partial charge in [-0.05, 0) is 60.8 Å². The van der Waals surface area contributed by atoms with E-state index in [1.165, 1.54) is 11.1 Å². The number of benzene rings is 2. The molecule has 1 saturated carbocycles. The minimum absolute atomic E-state index is 0.101. The first-order valence-electron chi connectivity index (χ1n) is 10.9. The highest BCUT2D eigenvalue weighted by atomic mass is 16.6. The van der Waals surface area contributed by atoms with Gasteiger partial charge in [-0.25, -0.2) is 4.79 Å². The van der Waals surface area contributed by atoms with E-state index in [1.807, 2.05) is 35.2 Å². The van der Waals surface area contributed by atoms with Crippen LogP contribution in [-0.2, 0) is 16.8 Å². The van der Waals surface area contributed by atoms with Crippen molar-refractivity contribution >= 4 is 11.7 Å². The molecule has 5 rings (SSSR count). The third-order valence-corrected chi connectivity index (χ3v) is 6.83. The van der Waals surface area contributed by atoms with Gasteiger partial charge < -0.3 is 4.74 Å². The summed E-state index contributed by atoms with van der Waals surface area (Å²) in [6, 6.07) is 21.1. The molecule has 1 amide bonds. The molecule has 2 heterocycles. The van der Waals surface area contributed by atoms with Gasteiger partial charge in [0.2, 0.25) is 0 Å². The van der Waals surface area contributed by atoms with E-state index >= 15 is 0 Å². The largest absolute Gasteiger partial charge is 0.445 e. The first-order valence-corrected chi connectivity index (χ1v) is 10.9. The number of carbonyl (C=O) groups is 1. The quantitative estimate of drug-likeness (QED) is 0.675. The van der Waals surface area contributed by atoms with Gasteiger partial charge in [-0.1, -0.05) is 60.7 Å². The Kier molecular flexibility index (Phi) is 4.83. The van der Waals surface area contributed by atoms with Crippen LogP contribution < -0.4 is 0 Å². The summed E-state index contributed by atoms with van der Waals surface area (Å²) in [5.41, 5.74) is 4.42. The van der Waals surface area contributed by atoms with Crippen molar-refractivity contribution in [1.82, 2.24) is 4.90 Å². The molecule has 152 valence electrons. The number of hydrogen-bond acceptors (Lipinski definition) is 3. The van der Waals surface area contributed by atoms with Crippen LogP contribution in [0, 0.1) is 11.3 Å². The van der Waals surface area contributed by atoms with Crippen LogP contribution in [0.15, 0.2) is 60.7 Å². The number of nitriles is 1. The summed E-state index contributed by atoms with van der Waals surface area (Å²) < 4.78 is 5.64. The number of amides is 1. The van der Waals surface area contributed by atoms with Crippen molar-refractivity contribution in [3.05, 3.63) is 77.4 Å². The Morgan fingerprint density at radius 3 is 2.53 bits per heavy atom. The number of carbonyl (C=O) groups excluding carboxylic acids is 1. The van der Waals surface area contributed by atoms with Crippen molar-refractivity contribution in [1.29, 1.82) is 5.26 Å². The second-order valence-electron chi connectivity index (χ2n) is 8.77. The molecule has 4 nitrogen and oxygen atoms in total. The standard InChI is InChI=1S/C26H26N2O2/c27-18-26(13-14-26)22-11-9-20(10-12-22)21-15-23-7-4-8-24(16-21)28(23)25(29)30-17-19-5-2-1-3-6-19/h1-3,5-6,9-12,15,23-24H,4,7-8,13-14,16-17H2. The normalized spacial score (nSPS) is 23.8. The van der Waals surface area contributed by atoms with Crippen molar-refractivity contribution in [2.24, 2.45) is 0 Å². The lowest BCUT2D eigenvalue weighted by molar-refractivity contribution is 0.0510. The number of rotatable bonds is 4. The summed E-state index contributed by atoms with van der Waals surface area (Å²) in [6.07, 6.45) is 7.99. The molecule has 2 aromatic carbocycles. The third kappa shape index (κ3) is 3.50. The van der Waals surface area contributed by atoms with E-state index in [-0.39, 0.29) is 23.6 Å². The predicted octanol–water partition coefficient (Wildman–Crippen LogP) is 5.59. The molecule has 2 aliphatic heterocycles. The van der Waals surface area contributed by atoms with Crippen molar-refractivity contribution in [3.8, 4) is 6.07 Å². The van der Waals surface area contributed by atoms with Gasteiger partial charge in [0.05, 0.1) is 17.5 Å². The molecule has 2 atom stereocenters. The Labute approximate surface area is 177 Å². The van der Waals surface area contributed by atoms with Crippen molar-refractivity contribution in [3.63, 3.8) is 0 Å². The summed E-state index contributed by atoms with van der Waals surface area (Å²) >= 11 is 0. The van der Waals surface area contributed by atoms with Crippen LogP contribution in [0.1, 0.15) is 55.2 Å². The van der Waals surface area contributed by atoms with E-state index in [4.69, 9.17) is 4.74 Å². The van der Waals surface area contributed by atoms with Gasteiger partial charge in [0, 0.05) is 6.04 Å². The van der Waals surface area contributed by atoms with Gasteiger partial charge in [-0.2, -0.15) is 5.26 Å². The average Bonchev–Trinajstić information content (AvgIpc) is 3.59. The fraction of sp³-hybridized carbons (Fsp3) is 0.385. The third-order valence-electron chi connectivity index (χ3n) is 6.83. The molecule has 1 aliphatic carbocycles. The molecule has 30 heavy (non-hydrogen) atoms. The maximum atomic E-state index is 12.9. The lowest BCUT2D eigenvalue weighted by Gasteiger charge is -2.44. The lowest BCUT2D eigenvalue weighted by atomic mass is 9.82. The van der Waals surface area contributed by atoms with E-state index in [2.05, 4.69) is 36.4 Å². The first kappa shape index (κ1) is 18.9. The molecule has 0 N–H and O–H groups in total. The average molecular weight is 399 g/mol. The molecule has 2 fully saturated rings. The monoisotopic (exact) mass is 398 g/mol. The molecule has 3 aliphatic rings.